The monoisotopic (exact) mass is 181 g/mol. The first-order chi connectivity index (χ1) is 6.06. The van der Waals surface area contributed by atoms with Crippen LogP contribution in [0.15, 0.2) is 23.0 Å². The quantitative estimate of drug-likeness (QED) is 0.775. The smallest absolute Gasteiger partial charge is 0.0935 e. The average molecular weight is 181 g/mol. The van der Waals surface area contributed by atoms with E-state index in [9.17, 15) is 0 Å². The molecule has 1 aromatic heterocycles. The van der Waals surface area contributed by atoms with E-state index in [0.717, 1.165) is 12.8 Å². The van der Waals surface area contributed by atoms with E-state index >= 15 is 0 Å². The topological polar surface area (TPSA) is 39.2 Å². The Morgan fingerprint density at radius 1 is 1.54 bits per heavy atom. The van der Waals surface area contributed by atoms with Crippen LogP contribution in [0.2, 0.25) is 0 Å². The number of nitrogens with two attached hydrogens (primary N) is 1. The molecule has 0 bridgehead atoms. The standard InChI is InChI=1S/C11H19NO/c1-4-11(2,3)10(12)7-9-5-6-13-8-9/h5-6,8,10H,4,7,12H2,1-3H3. The van der Waals surface area contributed by atoms with Gasteiger partial charge in [-0.15, -0.1) is 0 Å². The van der Waals surface area contributed by atoms with Gasteiger partial charge in [-0.25, -0.2) is 0 Å². The average Bonchev–Trinajstić information content (AvgIpc) is 2.57. The van der Waals surface area contributed by atoms with Crippen LogP contribution < -0.4 is 5.73 Å². The van der Waals surface area contributed by atoms with Gasteiger partial charge in [0.15, 0.2) is 0 Å². The summed E-state index contributed by atoms with van der Waals surface area (Å²) in [6.07, 6.45) is 5.47. The molecule has 2 nitrogen and oxygen atoms in total. The number of furan rings is 1. The van der Waals surface area contributed by atoms with Crippen molar-refractivity contribution < 1.29 is 4.42 Å². The van der Waals surface area contributed by atoms with Gasteiger partial charge in [0.1, 0.15) is 0 Å². The summed E-state index contributed by atoms with van der Waals surface area (Å²) >= 11 is 0. The summed E-state index contributed by atoms with van der Waals surface area (Å²) in [5.74, 6) is 0. The lowest BCUT2D eigenvalue weighted by Crippen LogP contribution is -2.38. The zero-order valence-electron chi connectivity index (χ0n) is 8.71. The molecule has 0 aromatic carbocycles. The van der Waals surface area contributed by atoms with E-state index in [1.54, 1.807) is 12.5 Å². The fraction of sp³-hybridized carbons (Fsp3) is 0.636. The molecule has 1 unspecified atom stereocenters. The van der Waals surface area contributed by atoms with Crippen LogP contribution >= 0.6 is 0 Å². The maximum atomic E-state index is 6.11. The van der Waals surface area contributed by atoms with Crippen LogP contribution in [0, 0.1) is 5.41 Å². The molecule has 1 atom stereocenters. The van der Waals surface area contributed by atoms with Gasteiger partial charge >= 0.3 is 0 Å². The molecular weight excluding hydrogens is 162 g/mol. The van der Waals surface area contributed by atoms with E-state index in [4.69, 9.17) is 10.2 Å². The SMILES string of the molecule is CCC(C)(C)C(N)Cc1ccoc1. The molecule has 0 aliphatic heterocycles. The fourth-order valence-electron chi connectivity index (χ4n) is 1.20. The highest BCUT2D eigenvalue weighted by atomic mass is 16.3. The summed E-state index contributed by atoms with van der Waals surface area (Å²) in [6, 6.07) is 2.18. The number of hydrogen-bond donors (Lipinski definition) is 1. The molecule has 0 radical (unpaired) electrons. The Bertz CT molecular complexity index is 239. The maximum absolute atomic E-state index is 6.11. The van der Waals surface area contributed by atoms with Crippen LogP contribution in [0.4, 0.5) is 0 Å². The van der Waals surface area contributed by atoms with Crippen molar-refractivity contribution in [2.24, 2.45) is 11.1 Å². The normalized spacial score (nSPS) is 14.5. The van der Waals surface area contributed by atoms with Crippen LogP contribution in [0.3, 0.4) is 0 Å². The molecule has 1 rings (SSSR count). The summed E-state index contributed by atoms with van der Waals surface area (Å²) in [4.78, 5) is 0. The van der Waals surface area contributed by atoms with Crippen molar-refractivity contribution in [1.29, 1.82) is 0 Å². The number of rotatable bonds is 4. The lowest BCUT2D eigenvalue weighted by atomic mass is 9.80. The number of hydrogen-bond acceptors (Lipinski definition) is 2. The van der Waals surface area contributed by atoms with Gasteiger partial charge in [-0.3, -0.25) is 0 Å². The molecular formula is C11H19NO. The fourth-order valence-corrected chi connectivity index (χ4v) is 1.20. The van der Waals surface area contributed by atoms with Crippen LogP contribution in [0.1, 0.15) is 32.8 Å². The lowest BCUT2D eigenvalue weighted by molar-refractivity contribution is 0.272. The largest absolute Gasteiger partial charge is 0.472 e. The second kappa shape index (κ2) is 3.97. The second-order valence-electron chi connectivity index (χ2n) is 4.28. The van der Waals surface area contributed by atoms with Gasteiger partial charge in [-0.1, -0.05) is 20.8 Å². The Labute approximate surface area is 80.1 Å². The lowest BCUT2D eigenvalue weighted by Gasteiger charge is -2.30. The minimum Gasteiger partial charge on any atom is -0.472 e. The minimum atomic E-state index is 0.204. The Morgan fingerprint density at radius 3 is 2.69 bits per heavy atom. The van der Waals surface area contributed by atoms with Crippen LogP contribution in [0.25, 0.3) is 0 Å². The van der Waals surface area contributed by atoms with Gasteiger partial charge in [-0.05, 0) is 29.9 Å². The molecule has 1 aromatic rings. The Morgan fingerprint density at radius 2 is 2.23 bits per heavy atom. The van der Waals surface area contributed by atoms with E-state index in [1.165, 1.54) is 5.56 Å². The molecule has 2 heteroatoms. The zero-order chi connectivity index (χ0) is 9.90. The first-order valence-electron chi connectivity index (χ1n) is 4.83. The third kappa shape index (κ3) is 2.59. The van der Waals surface area contributed by atoms with Crippen molar-refractivity contribution in [3.8, 4) is 0 Å². The van der Waals surface area contributed by atoms with E-state index in [-0.39, 0.29) is 11.5 Å². The highest BCUT2D eigenvalue weighted by molar-refractivity contribution is 5.08. The summed E-state index contributed by atoms with van der Waals surface area (Å²) < 4.78 is 5.01. The molecule has 0 spiro atoms. The van der Waals surface area contributed by atoms with Gasteiger partial charge in [0, 0.05) is 6.04 Å². The van der Waals surface area contributed by atoms with E-state index in [2.05, 4.69) is 20.8 Å². The third-order valence-corrected chi connectivity index (χ3v) is 2.95. The Kier molecular flexibility index (Phi) is 3.15. The van der Waals surface area contributed by atoms with E-state index in [0.29, 0.717) is 0 Å². The molecule has 2 N–H and O–H groups in total. The molecule has 13 heavy (non-hydrogen) atoms. The molecule has 0 aliphatic carbocycles. The molecule has 1 heterocycles. The van der Waals surface area contributed by atoms with Crippen molar-refractivity contribution in [2.75, 3.05) is 0 Å². The second-order valence-corrected chi connectivity index (χ2v) is 4.28. The zero-order valence-corrected chi connectivity index (χ0v) is 8.71. The summed E-state index contributed by atoms with van der Waals surface area (Å²) in [7, 11) is 0. The Hall–Kier alpha value is -0.760. The van der Waals surface area contributed by atoms with Gasteiger partial charge in [0.05, 0.1) is 12.5 Å². The highest BCUT2D eigenvalue weighted by Crippen LogP contribution is 2.25. The molecule has 74 valence electrons. The molecule has 0 saturated heterocycles. The third-order valence-electron chi connectivity index (χ3n) is 2.95. The van der Waals surface area contributed by atoms with Crippen molar-refractivity contribution in [1.82, 2.24) is 0 Å². The van der Waals surface area contributed by atoms with Crippen molar-refractivity contribution in [2.45, 2.75) is 39.7 Å². The first kappa shape index (κ1) is 10.3. The van der Waals surface area contributed by atoms with Crippen molar-refractivity contribution in [3.05, 3.63) is 24.2 Å². The van der Waals surface area contributed by atoms with Crippen molar-refractivity contribution in [3.63, 3.8) is 0 Å². The molecule has 0 saturated carbocycles. The molecule has 0 fully saturated rings. The van der Waals surface area contributed by atoms with E-state index < -0.39 is 0 Å². The highest BCUT2D eigenvalue weighted by Gasteiger charge is 2.24. The predicted octanol–water partition coefficient (Wildman–Crippen LogP) is 2.59. The van der Waals surface area contributed by atoms with Crippen LogP contribution in [-0.2, 0) is 6.42 Å². The van der Waals surface area contributed by atoms with E-state index in [1.807, 2.05) is 6.07 Å². The summed E-state index contributed by atoms with van der Waals surface area (Å²) in [5, 5.41) is 0. The minimum absolute atomic E-state index is 0.204. The molecule has 0 aliphatic rings. The Balaban J connectivity index is 2.55. The summed E-state index contributed by atoms with van der Waals surface area (Å²) in [5.41, 5.74) is 7.51. The van der Waals surface area contributed by atoms with Crippen LogP contribution in [0.5, 0.6) is 0 Å². The summed E-state index contributed by atoms with van der Waals surface area (Å²) in [6.45, 7) is 6.59. The van der Waals surface area contributed by atoms with Gasteiger partial charge < -0.3 is 10.2 Å². The molecule has 0 amide bonds. The van der Waals surface area contributed by atoms with Gasteiger partial charge in [-0.2, -0.15) is 0 Å². The van der Waals surface area contributed by atoms with Gasteiger partial charge in [0.25, 0.3) is 0 Å². The first-order valence-corrected chi connectivity index (χ1v) is 4.83. The van der Waals surface area contributed by atoms with Gasteiger partial charge in [0.2, 0.25) is 0 Å². The maximum Gasteiger partial charge on any atom is 0.0935 e. The van der Waals surface area contributed by atoms with Crippen LogP contribution in [-0.4, -0.2) is 6.04 Å². The predicted molar refractivity (Wildman–Crippen MR) is 54.5 cm³/mol. The van der Waals surface area contributed by atoms with Crippen molar-refractivity contribution >= 4 is 0 Å².